The average molecular weight is 636 g/mol. The Hall–Kier alpha value is -4.87. The van der Waals surface area contributed by atoms with Crippen molar-refractivity contribution >= 4 is 60.7 Å². The van der Waals surface area contributed by atoms with Gasteiger partial charge >= 0.3 is 0 Å². The Bertz CT molecular complexity index is 2430. The fourth-order valence-corrected chi connectivity index (χ4v) is 7.47. The molecule has 2 aliphatic rings. The third-order valence-corrected chi connectivity index (χ3v) is 10.1. The highest BCUT2D eigenvalue weighted by molar-refractivity contribution is 6.08. The predicted octanol–water partition coefficient (Wildman–Crippen LogP) is 3.77. The number of likely N-dealkylation sites (tertiary alicyclic amines) is 1. The van der Waals surface area contributed by atoms with Gasteiger partial charge in [-0.2, -0.15) is 0 Å². The van der Waals surface area contributed by atoms with Gasteiger partial charge in [0.1, 0.15) is 16.8 Å². The molecule has 6 aromatic rings. The van der Waals surface area contributed by atoms with Crippen molar-refractivity contribution in [3.63, 3.8) is 0 Å². The number of aromatic nitrogens is 1. The summed E-state index contributed by atoms with van der Waals surface area (Å²) in [6, 6.07) is 11.3. The molecule has 1 unspecified atom stereocenters. The SMILES string of the molecule is CN1CCN(c2c(F)cc3c(=O)c(C(=O)NCCC4CCCN4C)cn4c5cc6c(=O)c7ccccc7c(=O)c6cc5oc2c34)CC1. The minimum Gasteiger partial charge on any atom is -0.451 e. The number of hydrogen-bond donors (Lipinski definition) is 1. The minimum atomic E-state index is -0.635. The Morgan fingerprint density at radius 1 is 0.894 bits per heavy atom. The zero-order chi connectivity index (χ0) is 32.6. The Balaban J connectivity index is 1.39. The molecule has 1 amide bonds. The van der Waals surface area contributed by atoms with E-state index in [1.807, 2.05) is 11.9 Å². The highest BCUT2D eigenvalue weighted by Gasteiger charge is 2.28. The molecule has 0 saturated carbocycles. The molecule has 2 fully saturated rings. The maximum absolute atomic E-state index is 16.2. The number of amides is 1. The lowest BCUT2D eigenvalue weighted by molar-refractivity contribution is 0.0949. The van der Waals surface area contributed by atoms with Crippen LogP contribution in [0.15, 0.2) is 67.5 Å². The topological polar surface area (TPSA) is 108 Å². The van der Waals surface area contributed by atoms with Crippen LogP contribution in [0.5, 0.6) is 0 Å². The van der Waals surface area contributed by atoms with Crippen molar-refractivity contribution in [3.05, 3.63) is 90.7 Å². The number of rotatable bonds is 5. The Morgan fingerprint density at radius 3 is 2.28 bits per heavy atom. The summed E-state index contributed by atoms with van der Waals surface area (Å²) in [6.45, 7) is 3.90. The molecule has 240 valence electrons. The standard InChI is InChI=1S/C36H34FN5O5/c1-39-12-14-41(15-13-39)31-27(37)16-25-30-35(31)47-29-18-24-23(32(43)21-7-3-4-8-22(21)33(24)44)17-28(29)42(30)19-26(34(25)45)36(46)38-10-9-20-6-5-11-40(20)2/h3-4,7-8,16-20H,5-6,9-15H2,1-2H3,(H,38,46). The van der Waals surface area contributed by atoms with Crippen LogP contribution >= 0.6 is 0 Å². The quantitative estimate of drug-likeness (QED) is 0.226. The summed E-state index contributed by atoms with van der Waals surface area (Å²) in [5.41, 5.74) is -0.130. The summed E-state index contributed by atoms with van der Waals surface area (Å²) in [4.78, 5) is 61.1. The van der Waals surface area contributed by atoms with Gasteiger partial charge in [0.2, 0.25) is 5.43 Å². The molecule has 0 aliphatic carbocycles. The van der Waals surface area contributed by atoms with Crippen LogP contribution in [-0.2, 0) is 0 Å². The summed E-state index contributed by atoms with van der Waals surface area (Å²) >= 11 is 0. The zero-order valence-electron chi connectivity index (χ0n) is 26.3. The van der Waals surface area contributed by atoms with Crippen LogP contribution in [0, 0.1) is 5.82 Å². The second kappa shape index (κ2) is 11.1. The zero-order valence-corrected chi connectivity index (χ0v) is 26.3. The molecule has 11 heteroatoms. The van der Waals surface area contributed by atoms with Gasteiger partial charge in [-0.25, -0.2) is 4.39 Å². The molecule has 2 saturated heterocycles. The van der Waals surface area contributed by atoms with E-state index in [2.05, 4.69) is 22.2 Å². The van der Waals surface area contributed by atoms with Gasteiger partial charge in [-0.15, -0.1) is 0 Å². The molecule has 4 heterocycles. The fourth-order valence-electron chi connectivity index (χ4n) is 7.47. The molecule has 4 aromatic carbocycles. The molecule has 2 aromatic heterocycles. The molecule has 10 nitrogen and oxygen atoms in total. The van der Waals surface area contributed by atoms with Crippen LogP contribution in [0.3, 0.4) is 0 Å². The Morgan fingerprint density at radius 2 is 1.60 bits per heavy atom. The smallest absolute Gasteiger partial charge is 0.256 e. The van der Waals surface area contributed by atoms with Crippen molar-refractivity contribution in [2.45, 2.75) is 25.3 Å². The van der Waals surface area contributed by atoms with E-state index in [0.29, 0.717) is 60.6 Å². The number of pyridine rings is 1. The van der Waals surface area contributed by atoms with Gasteiger partial charge < -0.3 is 28.8 Å². The van der Waals surface area contributed by atoms with Crippen LogP contribution < -0.4 is 26.5 Å². The van der Waals surface area contributed by atoms with Gasteiger partial charge in [0.15, 0.2) is 27.8 Å². The molecule has 1 atom stereocenters. The molecule has 47 heavy (non-hydrogen) atoms. The number of anilines is 1. The molecule has 8 rings (SSSR count). The number of benzene rings is 4. The van der Waals surface area contributed by atoms with Gasteiger partial charge in [0, 0.05) is 66.5 Å². The van der Waals surface area contributed by atoms with E-state index in [9.17, 15) is 19.2 Å². The number of likely N-dealkylation sites (N-methyl/N-ethyl adjacent to an activating group) is 1. The molecular formula is C36H34FN5O5. The first-order valence-electron chi connectivity index (χ1n) is 16.1. The first kappa shape index (κ1) is 29.5. The third-order valence-electron chi connectivity index (χ3n) is 10.1. The number of piperazine rings is 1. The Labute approximate surface area is 267 Å². The fraction of sp³-hybridized carbons (Fsp3) is 0.333. The van der Waals surface area contributed by atoms with Crippen LogP contribution in [0.4, 0.5) is 10.1 Å². The Kier molecular flexibility index (Phi) is 6.99. The van der Waals surface area contributed by atoms with Crippen molar-refractivity contribution in [1.29, 1.82) is 0 Å². The van der Waals surface area contributed by atoms with Crippen molar-refractivity contribution in [1.82, 2.24) is 19.5 Å². The highest BCUT2D eigenvalue weighted by Crippen LogP contribution is 2.37. The summed E-state index contributed by atoms with van der Waals surface area (Å²) < 4.78 is 24.3. The maximum Gasteiger partial charge on any atom is 0.256 e. The number of nitrogens with zero attached hydrogens (tertiary/aromatic N) is 4. The van der Waals surface area contributed by atoms with Crippen molar-refractivity contribution in [3.8, 4) is 0 Å². The summed E-state index contributed by atoms with van der Waals surface area (Å²) in [6.07, 6.45) is 4.37. The van der Waals surface area contributed by atoms with E-state index >= 15 is 4.39 Å². The largest absolute Gasteiger partial charge is 0.451 e. The van der Waals surface area contributed by atoms with E-state index in [1.165, 1.54) is 18.3 Å². The van der Waals surface area contributed by atoms with Gasteiger partial charge in [-0.05, 0) is 58.1 Å². The van der Waals surface area contributed by atoms with E-state index in [1.54, 1.807) is 34.7 Å². The lowest BCUT2D eigenvalue weighted by Crippen LogP contribution is -2.45. The van der Waals surface area contributed by atoms with Gasteiger partial charge in [-0.3, -0.25) is 19.2 Å². The second-order valence-corrected chi connectivity index (χ2v) is 13.0. The van der Waals surface area contributed by atoms with E-state index in [0.717, 1.165) is 25.8 Å². The minimum absolute atomic E-state index is 0.00493. The first-order valence-corrected chi connectivity index (χ1v) is 16.1. The first-order chi connectivity index (χ1) is 22.7. The van der Waals surface area contributed by atoms with E-state index in [4.69, 9.17) is 4.42 Å². The third kappa shape index (κ3) is 4.67. The predicted molar refractivity (Wildman–Crippen MR) is 182 cm³/mol. The lowest BCUT2D eigenvalue weighted by Gasteiger charge is -2.34. The summed E-state index contributed by atoms with van der Waals surface area (Å²) in [7, 11) is 4.07. The van der Waals surface area contributed by atoms with Gasteiger partial charge in [-0.1, -0.05) is 24.3 Å². The van der Waals surface area contributed by atoms with Crippen molar-refractivity contribution < 1.29 is 13.6 Å². The molecule has 1 N–H and O–H groups in total. The molecule has 0 spiro atoms. The van der Waals surface area contributed by atoms with Crippen molar-refractivity contribution in [2.75, 3.05) is 58.3 Å². The average Bonchev–Trinajstić information content (AvgIpc) is 3.48. The lowest BCUT2D eigenvalue weighted by atomic mass is 10.0. The number of halogens is 1. The van der Waals surface area contributed by atoms with Crippen LogP contribution in [-0.4, -0.2) is 79.5 Å². The van der Waals surface area contributed by atoms with E-state index in [-0.39, 0.29) is 49.4 Å². The molecule has 2 aliphatic heterocycles. The van der Waals surface area contributed by atoms with Crippen LogP contribution in [0.25, 0.3) is 49.1 Å². The highest BCUT2D eigenvalue weighted by atomic mass is 19.1. The second-order valence-electron chi connectivity index (χ2n) is 13.0. The number of hydrogen-bond acceptors (Lipinski definition) is 8. The van der Waals surface area contributed by atoms with Crippen LogP contribution in [0.1, 0.15) is 29.6 Å². The maximum atomic E-state index is 16.2. The molecular weight excluding hydrogens is 601 g/mol. The molecule has 0 radical (unpaired) electrons. The summed E-state index contributed by atoms with van der Waals surface area (Å²) in [5, 5.41) is 3.88. The monoisotopic (exact) mass is 635 g/mol. The number of fused-ring (bicyclic) bond motifs is 4. The number of nitrogens with one attached hydrogen (secondary N) is 1. The van der Waals surface area contributed by atoms with E-state index < -0.39 is 17.2 Å². The van der Waals surface area contributed by atoms with Gasteiger partial charge in [0.25, 0.3) is 5.91 Å². The van der Waals surface area contributed by atoms with Crippen molar-refractivity contribution in [2.24, 2.45) is 0 Å². The molecule has 0 bridgehead atoms. The van der Waals surface area contributed by atoms with Crippen LogP contribution in [0.2, 0.25) is 0 Å². The number of carbonyl (C=O) groups is 1. The summed E-state index contributed by atoms with van der Waals surface area (Å²) in [5.74, 6) is -1.19. The number of carbonyl (C=O) groups excluding carboxylic acids is 1. The van der Waals surface area contributed by atoms with Gasteiger partial charge in [0.05, 0.1) is 10.9 Å². The normalized spacial score (nSPS) is 18.0.